The van der Waals surface area contributed by atoms with Crippen LogP contribution in [0.25, 0.3) is 17.0 Å². The summed E-state index contributed by atoms with van der Waals surface area (Å²) in [7, 11) is 0. The Hall–Kier alpha value is -3.45. The van der Waals surface area contributed by atoms with E-state index in [4.69, 9.17) is 31.3 Å². The summed E-state index contributed by atoms with van der Waals surface area (Å²) in [6.45, 7) is 5.65. The monoisotopic (exact) mass is 545 g/mol. The van der Waals surface area contributed by atoms with E-state index in [1.807, 2.05) is 57.6 Å². The first-order chi connectivity index (χ1) is 18.7. The maximum Gasteiger partial charge on any atom is 0.407 e. The van der Waals surface area contributed by atoms with Gasteiger partial charge in [0.25, 0.3) is 0 Å². The third kappa shape index (κ3) is 7.15. The van der Waals surface area contributed by atoms with Crippen molar-refractivity contribution in [2.75, 3.05) is 0 Å². The number of benzene rings is 1. The van der Waals surface area contributed by atoms with Crippen LogP contribution in [0.1, 0.15) is 63.4 Å². The number of nitrogens with one attached hydrogen (secondary N) is 1. The van der Waals surface area contributed by atoms with Crippen molar-refractivity contribution in [1.29, 1.82) is 0 Å². The van der Waals surface area contributed by atoms with Crippen molar-refractivity contribution in [3.63, 3.8) is 0 Å². The second-order valence-corrected chi connectivity index (χ2v) is 11.9. The van der Waals surface area contributed by atoms with Crippen molar-refractivity contribution in [3.05, 3.63) is 83.0 Å². The average molecular weight is 546 g/mol. The second-order valence-electron chi connectivity index (χ2n) is 11.4. The first-order valence-electron chi connectivity index (χ1n) is 13.7. The summed E-state index contributed by atoms with van der Waals surface area (Å²) < 4.78 is 7.51. The number of carbonyl (C=O) groups excluding carboxylic acids is 1. The highest BCUT2D eigenvalue weighted by Crippen LogP contribution is 2.29. The van der Waals surface area contributed by atoms with Gasteiger partial charge in [-0.15, -0.1) is 0 Å². The summed E-state index contributed by atoms with van der Waals surface area (Å²) in [5, 5.41) is 3.78. The number of fused-ring (bicyclic) bond motifs is 1. The predicted octanol–water partition coefficient (Wildman–Crippen LogP) is 6.86. The van der Waals surface area contributed by atoms with E-state index >= 15 is 0 Å². The Morgan fingerprint density at radius 1 is 1.05 bits per heavy atom. The van der Waals surface area contributed by atoms with Crippen LogP contribution < -0.4 is 5.32 Å². The van der Waals surface area contributed by atoms with E-state index in [-0.39, 0.29) is 12.1 Å². The summed E-state index contributed by atoms with van der Waals surface area (Å²) in [5.74, 6) is 0.509. The molecule has 1 fully saturated rings. The largest absolute Gasteiger partial charge is 0.444 e. The van der Waals surface area contributed by atoms with E-state index in [2.05, 4.69) is 34.0 Å². The first-order valence-corrected chi connectivity index (χ1v) is 14.1. The number of alkyl carbamates (subject to hydrolysis) is 1. The van der Waals surface area contributed by atoms with Gasteiger partial charge in [-0.3, -0.25) is 14.4 Å². The zero-order chi connectivity index (χ0) is 27.4. The number of carbonyl (C=O) groups is 1. The predicted molar refractivity (Wildman–Crippen MR) is 154 cm³/mol. The number of nitrogens with zero attached hydrogens (tertiary/aromatic N) is 4. The van der Waals surface area contributed by atoms with Crippen LogP contribution in [0.3, 0.4) is 0 Å². The third-order valence-electron chi connectivity index (χ3n) is 7.20. The van der Waals surface area contributed by atoms with E-state index in [1.165, 1.54) is 5.56 Å². The van der Waals surface area contributed by atoms with Gasteiger partial charge in [0.2, 0.25) is 0 Å². The lowest BCUT2D eigenvalue weighted by molar-refractivity contribution is 0.0487. The minimum absolute atomic E-state index is 0.163. The molecule has 7 nitrogen and oxygen atoms in total. The van der Waals surface area contributed by atoms with Gasteiger partial charge in [0.05, 0.1) is 23.3 Å². The highest BCUT2D eigenvalue weighted by Gasteiger charge is 2.26. The molecule has 1 amide bonds. The molecule has 5 rings (SSSR count). The lowest BCUT2D eigenvalue weighted by Crippen LogP contribution is -2.41. The van der Waals surface area contributed by atoms with Crippen LogP contribution >= 0.6 is 11.6 Å². The molecule has 1 N–H and O–H groups in total. The molecule has 8 heteroatoms. The number of aryl methyl sites for hydroxylation is 2. The summed E-state index contributed by atoms with van der Waals surface area (Å²) in [6, 6.07) is 14.3. The van der Waals surface area contributed by atoms with Crippen LogP contribution in [0.15, 0.2) is 61.1 Å². The average Bonchev–Trinajstić information content (AvgIpc) is 3.34. The molecule has 0 unspecified atom stereocenters. The van der Waals surface area contributed by atoms with Crippen molar-refractivity contribution in [3.8, 4) is 11.4 Å². The van der Waals surface area contributed by atoms with E-state index in [0.717, 1.165) is 78.4 Å². The molecule has 0 spiro atoms. The Labute approximate surface area is 235 Å². The molecule has 0 aliphatic heterocycles. The first kappa shape index (κ1) is 27.1. The molecule has 1 aliphatic rings. The highest BCUT2D eigenvalue weighted by molar-refractivity contribution is 6.30. The molecule has 0 saturated heterocycles. The van der Waals surface area contributed by atoms with Crippen LogP contribution in [-0.4, -0.2) is 37.1 Å². The third-order valence-corrected chi connectivity index (χ3v) is 7.45. The lowest BCUT2D eigenvalue weighted by Gasteiger charge is -2.30. The van der Waals surface area contributed by atoms with Gasteiger partial charge in [-0.1, -0.05) is 29.8 Å². The molecule has 39 heavy (non-hydrogen) atoms. The normalized spacial score (nSPS) is 17.7. The minimum atomic E-state index is -0.483. The van der Waals surface area contributed by atoms with Crippen molar-refractivity contribution in [1.82, 2.24) is 24.7 Å². The number of imidazole rings is 1. The van der Waals surface area contributed by atoms with E-state index in [9.17, 15) is 4.79 Å². The zero-order valence-electron chi connectivity index (χ0n) is 22.9. The second kappa shape index (κ2) is 11.7. The molecule has 204 valence electrons. The molecule has 3 heterocycles. The van der Waals surface area contributed by atoms with Crippen LogP contribution in [0.5, 0.6) is 0 Å². The van der Waals surface area contributed by atoms with Gasteiger partial charge in [0.15, 0.2) is 5.65 Å². The van der Waals surface area contributed by atoms with Gasteiger partial charge in [0, 0.05) is 29.2 Å². The van der Waals surface area contributed by atoms with Gasteiger partial charge in [-0.2, -0.15) is 0 Å². The van der Waals surface area contributed by atoms with E-state index in [1.54, 1.807) is 0 Å². The van der Waals surface area contributed by atoms with Crippen molar-refractivity contribution < 1.29 is 9.53 Å². The fraction of sp³-hybridized carbons (Fsp3) is 0.419. The molecular weight excluding hydrogens is 510 g/mol. The van der Waals surface area contributed by atoms with Gasteiger partial charge >= 0.3 is 6.09 Å². The van der Waals surface area contributed by atoms with E-state index < -0.39 is 5.60 Å². The molecular formula is C31H36ClN5O2. The molecule has 0 bridgehead atoms. The Morgan fingerprint density at radius 3 is 2.56 bits per heavy atom. The summed E-state index contributed by atoms with van der Waals surface area (Å²) >= 11 is 6.02. The Morgan fingerprint density at radius 2 is 1.82 bits per heavy atom. The Balaban J connectivity index is 1.23. The van der Waals surface area contributed by atoms with Crippen molar-refractivity contribution >= 4 is 23.3 Å². The molecule has 1 aromatic carbocycles. The minimum Gasteiger partial charge on any atom is -0.444 e. The van der Waals surface area contributed by atoms with Crippen LogP contribution in [0.2, 0.25) is 5.02 Å². The van der Waals surface area contributed by atoms with Crippen molar-refractivity contribution in [2.24, 2.45) is 5.92 Å². The SMILES string of the molecule is CC(C)(C)OC(=O)NC1CCC(Cc2nccn3c(-c4cccc(CCc5ccc(Cl)cc5)n4)cnc23)CC1. The summed E-state index contributed by atoms with van der Waals surface area (Å²) in [6.07, 6.45) is 12.0. The van der Waals surface area contributed by atoms with Crippen LogP contribution in [0, 0.1) is 5.92 Å². The quantitative estimate of drug-likeness (QED) is 0.274. The summed E-state index contributed by atoms with van der Waals surface area (Å²) in [5.41, 5.74) is 5.56. The van der Waals surface area contributed by atoms with Crippen LogP contribution in [0.4, 0.5) is 4.79 Å². The zero-order valence-corrected chi connectivity index (χ0v) is 23.6. The number of amides is 1. The van der Waals surface area contributed by atoms with Crippen LogP contribution in [-0.2, 0) is 24.0 Å². The molecule has 4 aromatic rings. The fourth-order valence-electron chi connectivity index (χ4n) is 5.25. The number of aromatic nitrogens is 4. The number of hydrogen-bond donors (Lipinski definition) is 1. The fourth-order valence-corrected chi connectivity index (χ4v) is 5.38. The van der Waals surface area contributed by atoms with Gasteiger partial charge in [0.1, 0.15) is 5.60 Å². The number of halogens is 1. The maximum atomic E-state index is 12.1. The Kier molecular flexibility index (Phi) is 8.17. The Bertz CT molecular complexity index is 1420. The maximum absolute atomic E-state index is 12.1. The lowest BCUT2D eigenvalue weighted by atomic mass is 9.83. The number of hydrogen-bond acceptors (Lipinski definition) is 5. The van der Waals surface area contributed by atoms with Gasteiger partial charge in [-0.25, -0.2) is 9.78 Å². The summed E-state index contributed by atoms with van der Waals surface area (Å²) in [4.78, 5) is 26.5. The molecule has 1 saturated carbocycles. The number of pyridine rings is 1. The van der Waals surface area contributed by atoms with Gasteiger partial charge in [-0.05, 0) is 101 Å². The standard InChI is InChI=1S/C31H36ClN5O2/c1-31(2,3)39-30(38)36-25-15-10-22(11-16-25)19-27-29-34-20-28(37(29)18-17-33-27)26-6-4-5-24(35-26)14-9-21-7-12-23(32)13-8-21/h4-8,12-13,17-18,20,22,25H,9-11,14-16,19H2,1-3H3,(H,36,38). The molecule has 3 aromatic heterocycles. The number of ether oxygens (including phenoxy) is 1. The van der Waals surface area contributed by atoms with Crippen molar-refractivity contribution in [2.45, 2.75) is 77.4 Å². The molecule has 1 aliphatic carbocycles. The van der Waals surface area contributed by atoms with E-state index in [0.29, 0.717) is 5.92 Å². The van der Waals surface area contributed by atoms with Gasteiger partial charge < -0.3 is 10.1 Å². The number of rotatable bonds is 7. The molecule has 0 atom stereocenters. The highest BCUT2D eigenvalue weighted by atomic mass is 35.5. The topological polar surface area (TPSA) is 81.4 Å². The molecule has 0 radical (unpaired) electrons. The smallest absolute Gasteiger partial charge is 0.407 e.